The van der Waals surface area contributed by atoms with E-state index in [1.807, 2.05) is 52.8 Å². The number of benzene rings is 2. The molecule has 5 rings (SSSR count). The number of para-hydroxylation sites is 1. The fraction of sp³-hybridized carbons (Fsp3) is 0.379. The molecular weight excluding hydrogens is 546 g/mol. The van der Waals surface area contributed by atoms with E-state index in [1.165, 1.54) is 29.5 Å². The van der Waals surface area contributed by atoms with Crippen molar-refractivity contribution in [3.05, 3.63) is 52.5 Å². The number of rotatable bonds is 6. The van der Waals surface area contributed by atoms with Gasteiger partial charge in [0.25, 0.3) is 11.8 Å². The molecule has 2 unspecified atom stereocenters. The molecule has 0 aliphatic carbocycles. The Morgan fingerprint density at radius 1 is 1.12 bits per heavy atom. The molecule has 11 nitrogen and oxygen atoms in total. The Hall–Kier alpha value is -4.32. The lowest BCUT2D eigenvalue weighted by molar-refractivity contribution is -0.136. The Labute approximate surface area is 241 Å². The molecule has 2 atom stereocenters. The minimum atomic E-state index is -1.06. The molecule has 2 aromatic carbocycles. The van der Waals surface area contributed by atoms with Crippen LogP contribution in [-0.2, 0) is 15.1 Å². The number of carbonyl (C=O) groups excluding carboxylic acids is 5. The zero-order valence-electron chi connectivity index (χ0n) is 23.8. The Balaban J connectivity index is 0.00000189. The average molecular weight is 580 g/mol. The highest BCUT2D eigenvalue weighted by Crippen LogP contribution is 2.38. The Bertz CT molecular complexity index is 1550. The van der Waals surface area contributed by atoms with E-state index in [4.69, 9.17) is 9.72 Å². The van der Waals surface area contributed by atoms with Gasteiger partial charge in [0.15, 0.2) is 0 Å². The predicted octanol–water partition coefficient (Wildman–Crippen LogP) is 4.43. The topological polar surface area (TPSA) is 147 Å². The molecule has 2 aliphatic rings. The fourth-order valence-corrected chi connectivity index (χ4v) is 5.94. The summed E-state index contributed by atoms with van der Waals surface area (Å²) in [6.45, 7) is 9.85. The lowest BCUT2D eigenvalue weighted by Gasteiger charge is -2.32. The molecule has 0 bridgehead atoms. The minimum Gasteiger partial charge on any atom is -0.494 e. The molecule has 0 radical (unpaired) electrons. The number of thiazole rings is 1. The van der Waals surface area contributed by atoms with Crippen LogP contribution >= 0.6 is 11.3 Å². The van der Waals surface area contributed by atoms with Crippen LogP contribution in [0, 0.1) is 5.92 Å². The Morgan fingerprint density at radius 3 is 2.49 bits per heavy atom. The van der Waals surface area contributed by atoms with E-state index in [2.05, 4.69) is 16.0 Å². The quantitative estimate of drug-likeness (QED) is 0.366. The van der Waals surface area contributed by atoms with Crippen molar-refractivity contribution in [2.75, 3.05) is 12.4 Å². The molecule has 12 heteroatoms. The number of aromatic nitrogens is 1. The largest absolute Gasteiger partial charge is 0.494 e. The maximum Gasteiger partial charge on any atom is 0.320 e. The second kappa shape index (κ2) is 11.7. The first-order valence-corrected chi connectivity index (χ1v) is 14.2. The highest BCUT2D eigenvalue weighted by Gasteiger charge is 2.44. The molecule has 41 heavy (non-hydrogen) atoms. The van der Waals surface area contributed by atoms with Crippen LogP contribution in [0.3, 0.4) is 0 Å². The number of amides is 6. The number of fused-ring (bicyclic) bond motifs is 2. The number of anilines is 1. The highest BCUT2D eigenvalue weighted by molar-refractivity contribution is 7.18. The lowest BCUT2D eigenvalue weighted by Crippen LogP contribution is -2.54. The van der Waals surface area contributed by atoms with E-state index in [1.54, 1.807) is 7.11 Å². The summed E-state index contributed by atoms with van der Waals surface area (Å²) >= 11 is 1.47. The lowest BCUT2D eigenvalue weighted by atomic mass is 9.89. The summed E-state index contributed by atoms with van der Waals surface area (Å²) in [5, 5.41) is 8.65. The number of ether oxygens (including phenoxy) is 1. The normalized spacial score (nSPS) is 17.9. The van der Waals surface area contributed by atoms with Crippen LogP contribution in [0.1, 0.15) is 73.2 Å². The summed E-state index contributed by atoms with van der Waals surface area (Å²) in [5.41, 5.74) is 0.397. The third-order valence-electron chi connectivity index (χ3n) is 7.27. The van der Waals surface area contributed by atoms with E-state index in [0.717, 1.165) is 15.1 Å². The van der Waals surface area contributed by atoms with Crippen LogP contribution in [0.2, 0.25) is 0 Å². The number of nitrogens with zero attached hydrogens (tertiary/aromatic N) is 2. The molecule has 1 fully saturated rings. The van der Waals surface area contributed by atoms with Gasteiger partial charge in [-0.2, -0.15) is 0 Å². The predicted molar refractivity (Wildman–Crippen MR) is 155 cm³/mol. The van der Waals surface area contributed by atoms with E-state index < -0.39 is 41.2 Å². The summed E-state index contributed by atoms with van der Waals surface area (Å²) in [6.07, 6.45) is 0.0991. The molecule has 3 N–H and O–H groups in total. The number of urea groups is 1. The maximum atomic E-state index is 13.2. The van der Waals surface area contributed by atoms with Gasteiger partial charge in [-0.15, -0.1) is 11.3 Å². The zero-order chi connectivity index (χ0) is 30.1. The third-order valence-corrected chi connectivity index (χ3v) is 8.53. The highest BCUT2D eigenvalue weighted by atomic mass is 32.1. The Morgan fingerprint density at radius 2 is 1.83 bits per heavy atom. The molecule has 0 saturated carbocycles. The molecule has 3 aromatic rings. The zero-order valence-corrected chi connectivity index (χ0v) is 24.6. The summed E-state index contributed by atoms with van der Waals surface area (Å²) in [7, 11) is 1.58. The number of carbonyl (C=O) groups is 5. The van der Waals surface area contributed by atoms with Crippen molar-refractivity contribution in [1.29, 1.82) is 0 Å². The number of piperidine rings is 1. The molecule has 1 saturated heterocycles. The third kappa shape index (κ3) is 5.39. The van der Waals surface area contributed by atoms with Crippen LogP contribution in [0.15, 0.2) is 36.4 Å². The van der Waals surface area contributed by atoms with Crippen molar-refractivity contribution in [2.24, 2.45) is 5.92 Å². The number of methoxy groups -OCH3 is 1. The summed E-state index contributed by atoms with van der Waals surface area (Å²) in [5.74, 6) is -1.77. The van der Waals surface area contributed by atoms with Crippen molar-refractivity contribution in [2.45, 2.75) is 59.0 Å². The molecule has 1 aromatic heterocycles. The number of hydrogen-bond acceptors (Lipinski definition) is 8. The maximum absolute atomic E-state index is 13.2. The van der Waals surface area contributed by atoms with Crippen LogP contribution in [0.4, 0.5) is 10.5 Å². The summed E-state index contributed by atoms with van der Waals surface area (Å²) in [4.78, 5) is 68.6. The van der Waals surface area contributed by atoms with Gasteiger partial charge < -0.3 is 15.4 Å². The van der Waals surface area contributed by atoms with Crippen LogP contribution < -0.4 is 20.7 Å². The second-order valence-corrected chi connectivity index (χ2v) is 11.0. The first-order chi connectivity index (χ1) is 19.5. The standard InChI is InChI=1S/C27H27N5O6S.C2H6/c1-13(2)27(3,25-30-21-18(38-4)6-5-7-19(21)39-25)31-26(37)28-14-8-9-15-16(12-14)24(36)32(23(15)35)17-10-11-20(33)29-22(17)34;1-2/h5-9,12-13,17H,10-11H2,1-4H3,(H2,28,31,37)(H,29,33,34);1-2H3. The number of nitrogens with one attached hydrogen (secondary N) is 3. The van der Waals surface area contributed by atoms with E-state index in [0.29, 0.717) is 16.4 Å². The SMILES string of the molecule is CC.COc1cccc2sc(C(C)(NC(=O)Nc3ccc4c(c3)C(=O)N(C3CCC(=O)NC3=O)C4=O)C(C)C)nc12. The number of hydrogen-bond donors (Lipinski definition) is 3. The van der Waals surface area contributed by atoms with Gasteiger partial charge >= 0.3 is 6.03 Å². The molecule has 2 aliphatic heterocycles. The summed E-state index contributed by atoms with van der Waals surface area (Å²) in [6, 6.07) is 8.46. The molecule has 216 valence electrons. The average Bonchev–Trinajstić information content (AvgIpc) is 3.49. The summed E-state index contributed by atoms with van der Waals surface area (Å²) < 4.78 is 6.37. The molecule has 6 amide bonds. The van der Waals surface area contributed by atoms with Gasteiger partial charge in [-0.25, -0.2) is 9.78 Å². The number of imide groups is 2. The monoisotopic (exact) mass is 579 g/mol. The first-order valence-electron chi connectivity index (χ1n) is 13.4. The second-order valence-electron chi connectivity index (χ2n) is 9.97. The van der Waals surface area contributed by atoms with E-state index in [-0.39, 0.29) is 29.9 Å². The minimum absolute atomic E-state index is 0.0314. The first kappa shape index (κ1) is 29.7. The van der Waals surface area contributed by atoms with Crippen LogP contribution in [-0.4, -0.2) is 52.7 Å². The van der Waals surface area contributed by atoms with Crippen molar-refractivity contribution in [1.82, 2.24) is 20.5 Å². The van der Waals surface area contributed by atoms with E-state index in [9.17, 15) is 24.0 Å². The smallest absolute Gasteiger partial charge is 0.320 e. The van der Waals surface area contributed by atoms with Gasteiger partial charge in [-0.1, -0.05) is 33.8 Å². The van der Waals surface area contributed by atoms with Crippen LogP contribution in [0.5, 0.6) is 5.75 Å². The van der Waals surface area contributed by atoms with Gasteiger partial charge in [0, 0.05) is 12.1 Å². The molecule has 0 spiro atoms. The van der Waals surface area contributed by atoms with Gasteiger partial charge in [0.1, 0.15) is 22.3 Å². The van der Waals surface area contributed by atoms with Gasteiger partial charge in [-0.3, -0.25) is 29.4 Å². The van der Waals surface area contributed by atoms with Crippen molar-refractivity contribution in [3.8, 4) is 5.75 Å². The van der Waals surface area contributed by atoms with Crippen molar-refractivity contribution < 1.29 is 28.7 Å². The Kier molecular flexibility index (Phi) is 8.43. The van der Waals surface area contributed by atoms with Gasteiger partial charge in [-0.05, 0) is 49.6 Å². The van der Waals surface area contributed by atoms with Gasteiger partial charge in [0.2, 0.25) is 11.8 Å². The van der Waals surface area contributed by atoms with E-state index >= 15 is 0 Å². The van der Waals surface area contributed by atoms with Crippen LogP contribution in [0.25, 0.3) is 10.2 Å². The fourth-order valence-electron chi connectivity index (χ4n) is 4.70. The molecular formula is C29H33N5O6S. The van der Waals surface area contributed by atoms with Crippen molar-refractivity contribution in [3.63, 3.8) is 0 Å². The molecule has 3 heterocycles. The van der Waals surface area contributed by atoms with Gasteiger partial charge in [0.05, 0.1) is 28.5 Å². The van der Waals surface area contributed by atoms with Crippen molar-refractivity contribution >= 4 is 56.9 Å².